The van der Waals surface area contributed by atoms with Crippen molar-refractivity contribution in [3.05, 3.63) is 23.8 Å². The molecular formula is C14H20N4O3. The SMILES string of the molecule is NC(=O)c1cccc(NCCC(=O)N2CCOCC2)c1N. The Balaban J connectivity index is 1.87. The fourth-order valence-electron chi connectivity index (χ4n) is 2.21. The van der Waals surface area contributed by atoms with Gasteiger partial charge in [-0.2, -0.15) is 0 Å². The number of para-hydroxylation sites is 1. The molecule has 1 aliphatic rings. The van der Waals surface area contributed by atoms with E-state index in [1.54, 1.807) is 23.1 Å². The number of amides is 2. The molecule has 0 unspecified atom stereocenters. The number of hydrogen-bond acceptors (Lipinski definition) is 5. The lowest BCUT2D eigenvalue weighted by atomic mass is 10.1. The van der Waals surface area contributed by atoms with Crippen LogP contribution in [0.5, 0.6) is 0 Å². The molecule has 1 fully saturated rings. The van der Waals surface area contributed by atoms with Crippen LogP contribution in [0.3, 0.4) is 0 Å². The van der Waals surface area contributed by atoms with Crippen LogP contribution in [0.2, 0.25) is 0 Å². The highest BCUT2D eigenvalue weighted by molar-refractivity contribution is 6.00. The summed E-state index contributed by atoms with van der Waals surface area (Å²) in [5.41, 5.74) is 12.3. The lowest BCUT2D eigenvalue weighted by molar-refractivity contribution is -0.134. The van der Waals surface area contributed by atoms with E-state index < -0.39 is 5.91 Å². The van der Waals surface area contributed by atoms with Crippen LogP contribution in [0.25, 0.3) is 0 Å². The van der Waals surface area contributed by atoms with Crippen molar-refractivity contribution < 1.29 is 14.3 Å². The largest absolute Gasteiger partial charge is 0.396 e. The highest BCUT2D eigenvalue weighted by atomic mass is 16.5. The smallest absolute Gasteiger partial charge is 0.250 e. The van der Waals surface area contributed by atoms with Crippen molar-refractivity contribution in [3.63, 3.8) is 0 Å². The quantitative estimate of drug-likeness (QED) is 0.663. The van der Waals surface area contributed by atoms with E-state index in [1.165, 1.54) is 0 Å². The van der Waals surface area contributed by atoms with Gasteiger partial charge in [-0.05, 0) is 12.1 Å². The molecule has 2 rings (SSSR count). The van der Waals surface area contributed by atoms with Gasteiger partial charge in [-0.3, -0.25) is 9.59 Å². The highest BCUT2D eigenvalue weighted by Gasteiger charge is 2.16. The van der Waals surface area contributed by atoms with Crippen molar-refractivity contribution >= 4 is 23.2 Å². The second-order valence-corrected chi connectivity index (χ2v) is 4.80. The Hall–Kier alpha value is -2.28. The number of morpholine rings is 1. The summed E-state index contributed by atoms with van der Waals surface area (Å²) < 4.78 is 5.21. The molecule has 0 aromatic heterocycles. The van der Waals surface area contributed by atoms with Gasteiger partial charge < -0.3 is 26.4 Å². The van der Waals surface area contributed by atoms with Crippen molar-refractivity contribution in [2.75, 3.05) is 43.9 Å². The molecule has 21 heavy (non-hydrogen) atoms. The van der Waals surface area contributed by atoms with Crippen LogP contribution in [0.4, 0.5) is 11.4 Å². The molecule has 0 saturated carbocycles. The molecule has 5 N–H and O–H groups in total. The molecule has 0 spiro atoms. The van der Waals surface area contributed by atoms with Crippen molar-refractivity contribution in [2.24, 2.45) is 5.73 Å². The van der Waals surface area contributed by atoms with Gasteiger partial charge in [0, 0.05) is 26.1 Å². The Bertz CT molecular complexity index is 527. The van der Waals surface area contributed by atoms with Crippen molar-refractivity contribution in [1.29, 1.82) is 0 Å². The van der Waals surface area contributed by atoms with Crippen LogP contribution in [0, 0.1) is 0 Å². The number of nitrogen functional groups attached to an aromatic ring is 1. The van der Waals surface area contributed by atoms with E-state index in [-0.39, 0.29) is 11.5 Å². The number of rotatable bonds is 5. The van der Waals surface area contributed by atoms with E-state index in [1.807, 2.05) is 0 Å². The maximum atomic E-state index is 12.0. The van der Waals surface area contributed by atoms with Crippen molar-refractivity contribution in [1.82, 2.24) is 4.90 Å². The molecule has 1 saturated heterocycles. The summed E-state index contributed by atoms with van der Waals surface area (Å²) in [4.78, 5) is 25.0. The molecule has 114 valence electrons. The Kier molecular flexibility index (Phi) is 4.99. The van der Waals surface area contributed by atoms with Gasteiger partial charge in [-0.15, -0.1) is 0 Å². The zero-order chi connectivity index (χ0) is 15.2. The Morgan fingerprint density at radius 2 is 2.00 bits per heavy atom. The standard InChI is InChI=1S/C14H20N4O3/c15-13-10(14(16)20)2-1-3-11(13)17-5-4-12(19)18-6-8-21-9-7-18/h1-3,17H,4-9,15H2,(H2,16,20). The number of carbonyl (C=O) groups is 2. The van der Waals surface area contributed by atoms with Crippen LogP contribution in [0.1, 0.15) is 16.8 Å². The molecule has 1 aromatic rings. The summed E-state index contributed by atoms with van der Waals surface area (Å²) in [7, 11) is 0. The molecule has 0 aliphatic carbocycles. The molecule has 1 aromatic carbocycles. The molecule has 1 heterocycles. The normalized spacial score (nSPS) is 14.8. The Labute approximate surface area is 123 Å². The molecule has 7 nitrogen and oxygen atoms in total. The molecular weight excluding hydrogens is 272 g/mol. The molecule has 0 radical (unpaired) electrons. The van der Waals surface area contributed by atoms with Gasteiger partial charge in [-0.1, -0.05) is 6.07 Å². The predicted octanol–water partition coefficient (Wildman–Crippen LogP) is 0.0285. The second-order valence-electron chi connectivity index (χ2n) is 4.80. The number of anilines is 2. The zero-order valence-electron chi connectivity index (χ0n) is 11.8. The van der Waals surface area contributed by atoms with Crippen LogP contribution in [-0.4, -0.2) is 49.6 Å². The van der Waals surface area contributed by atoms with Gasteiger partial charge in [0.15, 0.2) is 0 Å². The highest BCUT2D eigenvalue weighted by Crippen LogP contribution is 2.22. The van der Waals surface area contributed by atoms with E-state index in [9.17, 15) is 9.59 Å². The van der Waals surface area contributed by atoms with E-state index in [0.717, 1.165) is 0 Å². The van der Waals surface area contributed by atoms with E-state index in [4.69, 9.17) is 16.2 Å². The van der Waals surface area contributed by atoms with Gasteiger partial charge in [0.2, 0.25) is 5.91 Å². The number of benzene rings is 1. The average molecular weight is 292 g/mol. The zero-order valence-corrected chi connectivity index (χ0v) is 11.8. The maximum absolute atomic E-state index is 12.0. The average Bonchev–Trinajstić information content (AvgIpc) is 2.49. The van der Waals surface area contributed by atoms with Crippen molar-refractivity contribution in [3.8, 4) is 0 Å². The first-order chi connectivity index (χ1) is 10.1. The van der Waals surface area contributed by atoms with Gasteiger partial charge in [-0.25, -0.2) is 0 Å². The second kappa shape index (κ2) is 6.94. The number of primary amides is 1. The molecule has 7 heteroatoms. The minimum atomic E-state index is -0.569. The number of ether oxygens (including phenoxy) is 1. The Morgan fingerprint density at radius 1 is 1.29 bits per heavy atom. The number of nitrogens with one attached hydrogen (secondary N) is 1. The third-order valence-corrected chi connectivity index (χ3v) is 3.39. The maximum Gasteiger partial charge on any atom is 0.250 e. The van der Waals surface area contributed by atoms with Crippen molar-refractivity contribution in [2.45, 2.75) is 6.42 Å². The van der Waals surface area contributed by atoms with E-state index in [2.05, 4.69) is 5.32 Å². The lowest BCUT2D eigenvalue weighted by Gasteiger charge is -2.27. The Morgan fingerprint density at radius 3 is 2.67 bits per heavy atom. The minimum Gasteiger partial charge on any atom is -0.396 e. The van der Waals surface area contributed by atoms with Gasteiger partial charge in [0.05, 0.1) is 30.2 Å². The van der Waals surface area contributed by atoms with Gasteiger partial charge >= 0.3 is 0 Å². The first-order valence-corrected chi connectivity index (χ1v) is 6.87. The summed E-state index contributed by atoms with van der Waals surface area (Å²) in [6.07, 6.45) is 0.361. The van der Waals surface area contributed by atoms with Gasteiger partial charge in [0.25, 0.3) is 5.91 Å². The summed E-state index contributed by atoms with van der Waals surface area (Å²) in [6, 6.07) is 5.02. The molecule has 0 bridgehead atoms. The van der Waals surface area contributed by atoms with Crippen LogP contribution in [-0.2, 0) is 9.53 Å². The topological polar surface area (TPSA) is 111 Å². The summed E-state index contributed by atoms with van der Waals surface area (Å²) >= 11 is 0. The number of nitrogens with two attached hydrogens (primary N) is 2. The summed E-state index contributed by atoms with van der Waals surface area (Å²) in [5, 5.41) is 3.07. The molecule has 2 amide bonds. The third-order valence-electron chi connectivity index (χ3n) is 3.39. The molecule has 0 atom stereocenters. The minimum absolute atomic E-state index is 0.0791. The van der Waals surface area contributed by atoms with Crippen LogP contribution in [0.15, 0.2) is 18.2 Å². The third kappa shape index (κ3) is 3.85. The summed E-state index contributed by atoms with van der Waals surface area (Å²) in [6.45, 7) is 2.90. The first-order valence-electron chi connectivity index (χ1n) is 6.87. The lowest BCUT2D eigenvalue weighted by Crippen LogP contribution is -2.41. The van der Waals surface area contributed by atoms with E-state index >= 15 is 0 Å². The fourth-order valence-corrected chi connectivity index (χ4v) is 2.21. The van der Waals surface area contributed by atoms with E-state index in [0.29, 0.717) is 50.6 Å². The fraction of sp³-hybridized carbons (Fsp3) is 0.429. The van der Waals surface area contributed by atoms with Gasteiger partial charge in [0.1, 0.15) is 0 Å². The summed E-state index contributed by atoms with van der Waals surface area (Å²) in [5.74, 6) is -0.490. The van der Waals surface area contributed by atoms with Crippen LogP contribution < -0.4 is 16.8 Å². The first kappa shape index (κ1) is 15.1. The predicted molar refractivity (Wildman–Crippen MR) is 79.9 cm³/mol. The van der Waals surface area contributed by atoms with Crippen LogP contribution >= 0.6 is 0 Å². The number of nitrogens with zero attached hydrogens (tertiary/aromatic N) is 1. The number of hydrogen-bond donors (Lipinski definition) is 3. The molecule has 1 aliphatic heterocycles. The monoisotopic (exact) mass is 292 g/mol. The number of carbonyl (C=O) groups excluding carboxylic acids is 2.